The minimum atomic E-state index is -1.29. The van der Waals surface area contributed by atoms with E-state index in [0.717, 1.165) is 21.4 Å². The first-order valence-electron chi connectivity index (χ1n) is 9.26. The Hall–Kier alpha value is -4.57. The van der Waals surface area contributed by atoms with Crippen molar-refractivity contribution in [2.45, 2.75) is 0 Å². The Balaban J connectivity index is 1.85. The maximum absolute atomic E-state index is 12.6. The van der Waals surface area contributed by atoms with Crippen LogP contribution in [0.1, 0.15) is 15.9 Å². The van der Waals surface area contributed by atoms with Crippen LogP contribution >= 0.6 is 0 Å². The lowest BCUT2D eigenvalue weighted by molar-refractivity contribution is 0.0697. The summed E-state index contributed by atoms with van der Waals surface area (Å²) in [7, 11) is 1.19. The number of carboxylic acid groups (broad SMARTS) is 1. The van der Waals surface area contributed by atoms with Crippen LogP contribution in [-0.2, 0) is 4.74 Å². The van der Waals surface area contributed by atoms with Gasteiger partial charge in [-0.15, -0.1) is 0 Å². The highest BCUT2D eigenvalue weighted by molar-refractivity contribution is 6.04. The van der Waals surface area contributed by atoms with Crippen LogP contribution < -0.4 is 4.90 Å². The van der Waals surface area contributed by atoms with Crippen LogP contribution in [0, 0.1) is 11.3 Å². The van der Waals surface area contributed by atoms with Crippen molar-refractivity contribution < 1.29 is 23.8 Å². The van der Waals surface area contributed by atoms with E-state index < -0.39 is 12.1 Å². The first kappa shape index (κ1) is 19.7. The topological polar surface area (TPSA) is 104 Å². The van der Waals surface area contributed by atoms with Crippen molar-refractivity contribution in [3.8, 4) is 17.2 Å². The number of carboxylic acids is 1. The molecule has 0 aliphatic carbocycles. The average molecular weight is 412 g/mol. The van der Waals surface area contributed by atoms with E-state index in [0.29, 0.717) is 5.58 Å². The molecule has 152 valence electrons. The Labute approximate surface area is 177 Å². The smallest absolute Gasteiger partial charge is 0.421 e. The molecule has 0 unspecified atom stereocenters. The third kappa shape index (κ3) is 3.70. The number of anilines is 2. The first-order chi connectivity index (χ1) is 15.0. The van der Waals surface area contributed by atoms with Crippen LogP contribution in [0.25, 0.3) is 22.1 Å². The number of hydrogen-bond donors (Lipinski definition) is 1. The van der Waals surface area contributed by atoms with E-state index in [4.69, 9.17) is 14.4 Å². The normalized spacial score (nSPS) is 10.5. The molecule has 0 bridgehead atoms. The quantitative estimate of drug-likeness (QED) is 0.470. The number of rotatable bonds is 4. The number of ether oxygens (including phenoxy) is 1. The van der Waals surface area contributed by atoms with Gasteiger partial charge in [-0.2, -0.15) is 5.26 Å². The summed E-state index contributed by atoms with van der Waals surface area (Å²) in [6.45, 7) is 0. The Kier molecular flexibility index (Phi) is 5.12. The van der Waals surface area contributed by atoms with Crippen LogP contribution in [0.4, 0.5) is 16.4 Å². The van der Waals surface area contributed by atoms with Gasteiger partial charge in [0.25, 0.3) is 0 Å². The fourth-order valence-electron chi connectivity index (χ4n) is 3.32. The number of aromatic carboxylic acids is 1. The van der Waals surface area contributed by atoms with Gasteiger partial charge < -0.3 is 14.3 Å². The number of nitrogens with zero attached hydrogens (tertiary/aromatic N) is 2. The van der Waals surface area contributed by atoms with Crippen molar-refractivity contribution >= 4 is 34.6 Å². The maximum atomic E-state index is 12.6. The molecular formula is C24H16N2O5. The van der Waals surface area contributed by atoms with E-state index in [1.807, 2.05) is 48.5 Å². The SMILES string of the molecule is COC(=O)N(c1cc2cc(-c3ccccc3)ccc2o1)c1ccc(C#N)cc1C(=O)O. The number of nitriles is 1. The molecular weight excluding hydrogens is 396 g/mol. The van der Waals surface area contributed by atoms with Gasteiger partial charge in [-0.3, -0.25) is 0 Å². The number of hydrogen-bond acceptors (Lipinski definition) is 5. The number of methoxy groups -OCH3 is 1. The Morgan fingerprint density at radius 2 is 1.77 bits per heavy atom. The lowest BCUT2D eigenvalue weighted by Crippen LogP contribution is -2.27. The second-order valence-corrected chi connectivity index (χ2v) is 6.66. The third-order valence-electron chi connectivity index (χ3n) is 4.78. The predicted octanol–water partition coefficient (Wildman–Crippen LogP) is 5.57. The average Bonchev–Trinajstić information content (AvgIpc) is 3.22. The van der Waals surface area contributed by atoms with Gasteiger partial charge in [0.2, 0.25) is 5.88 Å². The second kappa shape index (κ2) is 8.05. The molecule has 0 radical (unpaired) electrons. The molecule has 3 aromatic carbocycles. The minimum absolute atomic E-state index is 0.0284. The number of benzene rings is 3. The minimum Gasteiger partial charge on any atom is -0.478 e. The molecule has 0 fully saturated rings. The molecule has 0 saturated carbocycles. The van der Waals surface area contributed by atoms with Crippen molar-refractivity contribution in [3.63, 3.8) is 0 Å². The third-order valence-corrected chi connectivity index (χ3v) is 4.78. The molecule has 0 aliphatic rings. The lowest BCUT2D eigenvalue weighted by Gasteiger charge is -2.20. The molecule has 4 rings (SSSR count). The summed E-state index contributed by atoms with van der Waals surface area (Å²) in [4.78, 5) is 25.4. The van der Waals surface area contributed by atoms with Gasteiger partial charge in [0, 0.05) is 11.5 Å². The van der Waals surface area contributed by atoms with Gasteiger partial charge in [-0.25, -0.2) is 14.5 Å². The molecule has 0 atom stereocenters. The summed E-state index contributed by atoms with van der Waals surface area (Å²) in [5.74, 6) is -1.19. The fourth-order valence-corrected chi connectivity index (χ4v) is 3.32. The standard InChI is InChI=1S/C24H16N2O5/c1-30-24(29)26(20-9-7-15(14-25)11-19(20)23(27)28)22-13-18-12-17(8-10-21(18)31-22)16-5-3-2-4-6-16/h2-13H,1H3,(H,27,28). The van der Waals surface area contributed by atoms with Crippen LogP contribution in [0.5, 0.6) is 0 Å². The van der Waals surface area contributed by atoms with Crippen LogP contribution in [0.3, 0.4) is 0 Å². The van der Waals surface area contributed by atoms with Crippen LogP contribution in [0.15, 0.2) is 77.2 Å². The summed E-state index contributed by atoms with van der Waals surface area (Å²) in [5.41, 5.74) is 2.47. The van der Waals surface area contributed by atoms with Gasteiger partial charge >= 0.3 is 12.1 Å². The van der Waals surface area contributed by atoms with Crippen LogP contribution in [-0.4, -0.2) is 24.3 Å². The zero-order valence-electron chi connectivity index (χ0n) is 16.4. The molecule has 1 amide bonds. The van der Waals surface area contributed by atoms with Gasteiger partial charge in [0.05, 0.1) is 30.0 Å². The van der Waals surface area contributed by atoms with Crippen molar-refractivity contribution in [2.75, 3.05) is 12.0 Å². The summed E-state index contributed by atoms with van der Waals surface area (Å²) >= 11 is 0. The maximum Gasteiger partial charge on any atom is 0.421 e. The van der Waals surface area contributed by atoms with Gasteiger partial charge in [0.15, 0.2) is 0 Å². The molecule has 4 aromatic rings. The number of carbonyl (C=O) groups is 2. The predicted molar refractivity (Wildman–Crippen MR) is 114 cm³/mol. The Bertz CT molecular complexity index is 1340. The summed E-state index contributed by atoms with van der Waals surface area (Å²) < 4.78 is 10.7. The molecule has 1 heterocycles. The highest BCUT2D eigenvalue weighted by Crippen LogP contribution is 2.36. The van der Waals surface area contributed by atoms with Crippen molar-refractivity contribution in [3.05, 3.63) is 83.9 Å². The molecule has 31 heavy (non-hydrogen) atoms. The number of fused-ring (bicyclic) bond motifs is 1. The molecule has 0 aliphatic heterocycles. The molecule has 1 aromatic heterocycles. The summed E-state index contributed by atoms with van der Waals surface area (Å²) in [6.07, 6.45) is -0.824. The summed E-state index contributed by atoms with van der Waals surface area (Å²) in [6, 6.07) is 22.9. The van der Waals surface area contributed by atoms with E-state index in [1.165, 1.54) is 25.3 Å². The highest BCUT2D eigenvalue weighted by Gasteiger charge is 2.27. The van der Waals surface area contributed by atoms with E-state index in [-0.39, 0.29) is 22.7 Å². The zero-order chi connectivity index (χ0) is 22.0. The van der Waals surface area contributed by atoms with E-state index in [1.54, 1.807) is 12.1 Å². The molecule has 0 saturated heterocycles. The monoisotopic (exact) mass is 412 g/mol. The van der Waals surface area contributed by atoms with Crippen molar-refractivity contribution in [1.82, 2.24) is 0 Å². The number of amides is 1. The second-order valence-electron chi connectivity index (χ2n) is 6.66. The van der Waals surface area contributed by atoms with E-state index in [2.05, 4.69) is 0 Å². The van der Waals surface area contributed by atoms with Crippen molar-refractivity contribution in [2.24, 2.45) is 0 Å². The van der Waals surface area contributed by atoms with Gasteiger partial charge in [-0.1, -0.05) is 36.4 Å². The Morgan fingerprint density at radius 3 is 2.45 bits per heavy atom. The molecule has 7 heteroatoms. The van der Waals surface area contributed by atoms with E-state index in [9.17, 15) is 14.7 Å². The Morgan fingerprint density at radius 1 is 1.00 bits per heavy atom. The largest absolute Gasteiger partial charge is 0.478 e. The number of carbonyl (C=O) groups excluding carboxylic acids is 1. The first-order valence-corrected chi connectivity index (χ1v) is 9.26. The van der Waals surface area contributed by atoms with Gasteiger partial charge in [0.1, 0.15) is 5.58 Å². The lowest BCUT2D eigenvalue weighted by atomic mass is 10.0. The fraction of sp³-hybridized carbons (Fsp3) is 0.0417. The molecule has 0 spiro atoms. The van der Waals surface area contributed by atoms with E-state index >= 15 is 0 Å². The van der Waals surface area contributed by atoms with Gasteiger partial charge in [-0.05, 0) is 41.5 Å². The highest BCUT2D eigenvalue weighted by atomic mass is 16.5. The molecule has 1 N–H and O–H groups in total. The number of furan rings is 1. The van der Waals surface area contributed by atoms with Crippen LogP contribution in [0.2, 0.25) is 0 Å². The zero-order valence-corrected chi connectivity index (χ0v) is 16.4. The summed E-state index contributed by atoms with van der Waals surface area (Å²) in [5, 5.41) is 19.4. The molecule has 7 nitrogen and oxygen atoms in total. The van der Waals surface area contributed by atoms with Crippen molar-refractivity contribution in [1.29, 1.82) is 5.26 Å².